The number of nitrogens with zero attached hydrogens (tertiary/aromatic N) is 2. The largest absolute Gasteiger partial charge is 0.507 e. The molecule has 6 nitrogen and oxygen atoms in total. The molecule has 6 heteroatoms. The number of aromatic carboxylic acids is 1. The summed E-state index contributed by atoms with van der Waals surface area (Å²) in [6, 6.07) is 7.53. The van der Waals surface area contributed by atoms with E-state index in [1.54, 1.807) is 30.6 Å². The van der Waals surface area contributed by atoms with E-state index in [4.69, 9.17) is 15.9 Å². The molecule has 88 valence electrons. The number of aromatic nitrogens is 2. The Morgan fingerprint density at radius 3 is 2.06 bits per heavy atom. The van der Waals surface area contributed by atoms with Crippen LogP contribution < -0.4 is 5.73 Å². The molecule has 2 rings (SSSR count). The van der Waals surface area contributed by atoms with Gasteiger partial charge >= 0.3 is 5.97 Å². The van der Waals surface area contributed by atoms with Crippen LogP contribution in [0.4, 0.5) is 5.95 Å². The maximum Gasteiger partial charge on any atom is 0.339 e. The Labute approximate surface area is 97.4 Å². The van der Waals surface area contributed by atoms with Crippen LogP contribution in [0.5, 0.6) is 5.75 Å². The molecule has 2 aromatic rings. The van der Waals surface area contributed by atoms with E-state index in [0.29, 0.717) is 5.95 Å². The number of nitrogen functional groups attached to an aromatic ring is 1. The van der Waals surface area contributed by atoms with Crippen molar-refractivity contribution in [2.24, 2.45) is 0 Å². The first-order chi connectivity index (χ1) is 8.11. The molecule has 0 aliphatic carbocycles. The van der Waals surface area contributed by atoms with E-state index in [1.165, 1.54) is 12.1 Å². The van der Waals surface area contributed by atoms with Crippen LogP contribution in [-0.2, 0) is 0 Å². The van der Waals surface area contributed by atoms with Crippen LogP contribution in [-0.4, -0.2) is 26.2 Å². The van der Waals surface area contributed by atoms with Gasteiger partial charge in [-0.25, -0.2) is 14.8 Å². The van der Waals surface area contributed by atoms with E-state index in [0.717, 1.165) is 0 Å². The van der Waals surface area contributed by atoms with E-state index in [9.17, 15) is 4.79 Å². The highest BCUT2D eigenvalue weighted by atomic mass is 16.4. The molecule has 0 aliphatic rings. The highest BCUT2D eigenvalue weighted by Crippen LogP contribution is 2.14. The van der Waals surface area contributed by atoms with Crippen molar-refractivity contribution in [2.75, 3.05) is 5.73 Å². The standard InChI is InChI=1S/C7H6O3.C4H5N3/c8-6-4-2-1-3-5(6)7(9)10;5-4-6-2-1-3-7-4/h1-4,8H,(H,9,10);1-3H,(H2,5,6,7). The van der Waals surface area contributed by atoms with Crippen molar-refractivity contribution >= 4 is 11.9 Å². The number of phenols is 1. The lowest BCUT2D eigenvalue weighted by Gasteiger charge is -1.95. The average molecular weight is 233 g/mol. The third-order valence-electron chi connectivity index (χ3n) is 1.72. The molecular formula is C11H11N3O3. The van der Waals surface area contributed by atoms with Crippen molar-refractivity contribution in [2.45, 2.75) is 0 Å². The second-order valence-corrected chi connectivity index (χ2v) is 2.93. The molecule has 17 heavy (non-hydrogen) atoms. The summed E-state index contributed by atoms with van der Waals surface area (Å²) in [5.74, 6) is -0.990. The molecule has 0 aliphatic heterocycles. The van der Waals surface area contributed by atoms with Gasteiger partial charge < -0.3 is 15.9 Å². The number of aromatic hydroxyl groups is 1. The summed E-state index contributed by atoms with van der Waals surface area (Å²) < 4.78 is 0. The smallest absolute Gasteiger partial charge is 0.339 e. The van der Waals surface area contributed by atoms with Crippen molar-refractivity contribution in [1.82, 2.24) is 9.97 Å². The molecule has 1 aromatic carbocycles. The minimum Gasteiger partial charge on any atom is -0.507 e. The second kappa shape index (κ2) is 6.06. The van der Waals surface area contributed by atoms with E-state index >= 15 is 0 Å². The van der Waals surface area contributed by atoms with Gasteiger partial charge in [-0.05, 0) is 18.2 Å². The van der Waals surface area contributed by atoms with Gasteiger partial charge in [-0.2, -0.15) is 0 Å². The van der Waals surface area contributed by atoms with Crippen molar-refractivity contribution in [3.8, 4) is 5.75 Å². The monoisotopic (exact) mass is 233 g/mol. The van der Waals surface area contributed by atoms with Gasteiger partial charge in [-0.15, -0.1) is 0 Å². The average Bonchev–Trinajstić information content (AvgIpc) is 2.31. The first-order valence-electron chi connectivity index (χ1n) is 4.65. The molecule has 0 saturated heterocycles. The fraction of sp³-hybridized carbons (Fsp3) is 0. The molecular weight excluding hydrogens is 222 g/mol. The van der Waals surface area contributed by atoms with Crippen molar-refractivity contribution in [3.05, 3.63) is 48.3 Å². The minimum atomic E-state index is -1.11. The Morgan fingerprint density at radius 1 is 1.12 bits per heavy atom. The predicted molar refractivity (Wildman–Crippen MR) is 61.5 cm³/mol. The quantitative estimate of drug-likeness (QED) is 0.681. The molecule has 0 atom stereocenters. The number of carboxylic acids is 1. The number of hydrogen-bond acceptors (Lipinski definition) is 5. The maximum absolute atomic E-state index is 10.3. The Balaban J connectivity index is 0.000000181. The fourth-order valence-corrected chi connectivity index (χ4v) is 0.965. The molecule has 0 unspecified atom stereocenters. The van der Waals surface area contributed by atoms with Crippen LogP contribution in [0.25, 0.3) is 0 Å². The highest BCUT2D eigenvalue weighted by Gasteiger charge is 2.05. The number of para-hydroxylation sites is 1. The zero-order chi connectivity index (χ0) is 12.7. The van der Waals surface area contributed by atoms with Crippen LogP contribution in [0, 0.1) is 0 Å². The van der Waals surface area contributed by atoms with Gasteiger partial charge in [0.1, 0.15) is 11.3 Å². The van der Waals surface area contributed by atoms with Gasteiger partial charge in [0.25, 0.3) is 0 Å². The number of nitrogens with two attached hydrogens (primary N) is 1. The molecule has 0 bridgehead atoms. The number of anilines is 1. The summed E-state index contributed by atoms with van der Waals surface area (Å²) in [7, 11) is 0. The van der Waals surface area contributed by atoms with Crippen LogP contribution in [0.2, 0.25) is 0 Å². The summed E-state index contributed by atoms with van der Waals surface area (Å²) in [4.78, 5) is 17.6. The SMILES string of the molecule is Nc1ncccn1.O=C(O)c1ccccc1O. The minimum absolute atomic E-state index is 0.0671. The topological polar surface area (TPSA) is 109 Å². The number of benzene rings is 1. The number of hydrogen-bond donors (Lipinski definition) is 3. The van der Waals surface area contributed by atoms with Crippen LogP contribution in [0.1, 0.15) is 10.4 Å². The van der Waals surface area contributed by atoms with Gasteiger partial charge in [0.15, 0.2) is 0 Å². The fourth-order valence-electron chi connectivity index (χ4n) is 0.965. The van der Waals surface area contributed by atoms with Crippen LogP contribution in [0.3, 0.4) is 0 Å². The Kier molecular flexibility index (Phi) is 4.44. The summed E-state index contributed by atoms with van der Waals surface area (Å²) in [6.45, 7) is 0. The van der Waals surface area contributed by atoms with Crippen molar-refractivity contribution in [1.29, 1.82) is 0 Å². The predicted octanol–water partition coefficient (Wildman–Crippen LogP) is 1.15. The van der Waals surface area contributed by atoms with E-state index in [1.807, 2.05) is 0 Å². The summed E-state index contributed by atoms with van der Waals surface area (Å²) >= 11 is 0. The summed E-state index contributed by atoms with van der Waals surface area (Å²) in [5.41, 5.74) is 5.07. The van der Waals surface area contributed by atoms with Gasteiger partial charge in [0.2, 0.25) is 5.95 Å². The lowest BCUT2D eigenvalue weighted by atomic mass is 10.2. The number of carbonyl (C=O) groups is 1. The summed E-state index contributed by atoms with van der Waals surface area (Å²) in [6.07, 6.45) is 3.20. The normalized spacial score (nSPS) is 8.94. The van der Waals surface area contributed by atoms with Gasteiger partial charge in [0.05, 0.1) is 0 Å². The lowest BCUT2D eigenvalue weighted by molar-refractivity contribution is 0.0694. The molecule has 1 aromatic heterocycles. The molecule has 0 amide bonds. The van der Waals surface area contributed by atoms with Gasteiger partial charge in [-0.1, -0.05) is 12.1 Å². The second-order valence-electron chi connectivity index (χ2n) is 2.93. The van der Waals surface area contributed by atoms with Gasteiger partial charge in [0, 0.05) is 12.4 Å². The Hall–Kier alpha value is -2.63. The zero-order valence-corrected chi connectivity index (χ0v) is 8.82. The zero-order valence-electron chi connectivity index (χ0n) is 8.82. The van der Waals surface area contributed by atoms with Crippen LogP contribution in [0.15, 0.2) is 42.7 Å². The number of rotatable bonds is 1. The Bertz CT molecular complexity index is 488. The van der Waals surface area contributed by atoms with E-state index in [-0.39, 0.29) is 11.3 Å². The molecule has 0 saturated carbocycles. The van der Waals surface area contributed by atoms with Crippen LogP contribution >= 0.6 is 0 Å². The lowest BCUT2D eigenvalue weighted by Crippen LogP contribution is -1.95. The van der Waals surface area contributed by atoms with E-state index in [2.05, 4.69) is 9.97 Å². The third kappa shape index (κ3) is 4.17. The molecule has 1 heterocycles. The molecule has 4 N–H and O–H groups in total. The number of carboxylic acid groups (broad SMARTS) is 1. The maximum atomic E-state index is 10.3. The first kappa shape index (κ1) is 12.4. The summed E-state index contributed by atoms with van der Waals surface area (Å²) in [5, 5.41) is 17.3. The molecule has 0 fully saturated rings. The van der Waals surface area contributed by atoms with Gasteiger partial charge in [-0.3, -0.25) is 0 Å². The van der Waals surface area contributed by atoms with Crippen molar-refractivity contribution < 1.29 is 15.0 Å². The van der Waals surface area contributed by atoms with E-state index < -0.39 is 5.97 Å². The Morgan fingerprint density at radius 2 is 1.71 bits per heavy atom. The highest BCUT2D eigenvalue weighted by molar-refractivity contribution is 5.90. The molecule has 0 radical (unpaired) electrons. The van der Waals surface area contributed by atoms with Crippen molar-refractivity contribution in [3.63, 3.8) is 0 Å². The third-order valence-corrected chi connectivity index (χ3v) is 1.72. The molecule has 0 spiro atoms. The first-order valence-corrected chi connectivity index (χ1v) is 4.65.